The van der Waals surface area contributed by atoms with Gasteiger partial charge in [0, 0.05) is 12.6 Å². The third-order valence-electron chi connectivity index (χ3n) is 2.86. The van der Waals surface area contributed by atoms with E-state index in [-0.39, 0.29) is 10.8 Å². The van der Waals surface area contributed by atoms with E-state index in [4.69, 9.17) is 0 Å². The van der Waals surface area contributed by atoms with Gasteiger partial charge in [-0.15, -0.1) is 0 Å². The number of aryl methyl sites for hydroxylation is 1. The third kappa shape index (κ3) is 3.01. The largest absolute Gasteiger partial charge is 0.326 e. The molecule has 8 heteroatoms. The molecule has 1 heterocycles. The van der Waals surface area contributed by atoms with Crippen molar-refractivity contribution in [1.82, 2.24) is 9.19 Å². The van der Waals surface area contributed by atoms with Crippen molar-refractivity contribution in [3.8, 4) is 0 Å². The van der Waals surface area contributed by atoms with Gasteiger partial charge in [0.05, 0.1) is 20.8 Å². The first-order chi connectivity index (χ1) is 9.73. The molecule has 0 aliphatic carbocycles. The maximum Gasteiger partial charge on any atom is 0.283 e. The Hall–Kier alpha value is -1.67. The van der Waals surface area contributed by atoms with Crippen molar-refractivity contribution in [1.29, 1.82) is 0 Å². The summed E-state index contributed by atoms with van der Waals surface area (Å²) in [4.78, 5) is 11.1. The molecule has 1 aromatic heterocycles. The Labute approximate surface area is 131 Å². The number of nitrogens with zero attached hydrogens (tertiary/aromatic N) is 2. The number of anilines is 1. The van der Waals surface area contributed by atoms with Gasteiger partial charge in [-0.25, -0.2) is 0 Å². The van der Waals surface area contributed by atoms with E-state index >= 15 is 0 Å². The minimum atomic E-state index is -3.75. The first-order valence-corrected chi connectivity index (χ1v) is 8.31. The van der Waals surface area contributed by atoms with Gasteiger partial charge in [0.25, 0.3) is 10.0 Å². The number of benzene rings is 1. The predicted molar refractivity (Wildman–Crippen MR) is 82.7 cm³/mol. The average Bonchev–Trinajstić information content (AvgIpc) is 2.67. The van der Waals surface area contributed by atoms with Gasteiger partial charge < -0.3 is 5.32 Å². The number of nitrogens with one attached hydrogen (secondary N) is 1. The number of carbonyl (C=O) groups excluding carboxylic acids is 1. The Bertz CT molecular complexity index is 795. The normalized spacial score (nSPS) is 11.4. The molecule has 1 aromatic carbocycles. The van der Waals surface area contributed by atoms with Crippen LogP contribution < -0.4 is 5.32 Å². The molecule has 2 rings (SSSR count). The molecule has 2 aromatic rings. The van der Waals surface area contributed by atoms with Gasteiger partial charge in [-0.05, 0) is 54.0 Å². The van der Waals surface area contributed by atoms with Crippen molar-refractivity contribution < 1.29 is 13.2 Å². The average molecular weight is 372 g/mol. The summed E-state index contributed by atoms with van der Waals surface area (Å²) < 4.78 is 26.8. The molecule has 0 atom stereocenters. The fraction of sp³-hybridized carbons (Fsp3) is 0.231. The SMILES string of the molecule is CC(=O)Nc1ccc(S(=O)(=O)n2nc(C)c(Br)c2C)cc1. The van der Waals surface area contributed by atoms with E-state index in [2.05, 4.69) is 26.3 Å². The predicted octanol–water partition coefficient (Wildman–Crippen LogP) is 2.46. The van der Waals surface area contributed by atoms with Crippen molar-refractivity contribution in [3.63, 3.8) is 0 Å². The minimum Gasteiger partial charge on any atom is -0.326 e. The van der Waals surface area contributed by atoms with E-state index in [1.54, 1.807) is 13.8 Å². The molecule has 21 heavy (non-hydrogen) atoms. The summed E-state index contributed by atoms with van der Waals surface area (Å²) in [5.74, 6) is -0.215. The number of hydrogen-bond donors (Lipinski definition) is 1. The molecular formula is C13H14BrN3O3S. The highest BCUT2D eigenvalue weighted by Gasteiger charge is 2.22. The van der Waals surface area contributed by atoms with E-state index in [9.17, 15) is 13.2 Å². The highest BCUT2D eigenvalue weighted by Crippen LogP contribution is 2.24. The Balaban J connectivity index is 2.44. The molecule has 0 saturated heterocycles. The smallest absolute Gasteiger partial charge is 0.283 e. The number of amides is 1. The minimum absolute atomic E-state index is 0.106. The number of halogens is 1. The van der Waals surface area contributed by atoms with Gasteiger partial charge in [0.2, 0.25) is 5.91 Å². The Morgan fingerprint density at radius 2 is 1.81 bits per heavy atom. The second-order valence-corrected chi connectivity index (χ2v) is 7.10. The second kappa shape index (κ2) is 5.61. The van der Waals surface area contributed by atoms with Gasteiger partial charge in [-0.2, -0.15) is 17.6 Å². The van der Waals surface area contributed by atoms with Crippen LogP contribution in [-0.4, -0.2) is 23.5 Å². The van der Waals surface area contributed by atoms with Crippen LogP contribution in [0.5, 0.6) is 0 Å². The second-order valence-electron chi connectivity index (χ2n) is 4.54. The molecule has 0 radical (unpaired) electrons. The van der Waals surface area contributed by atoms with Crippen LogP contribution in [-0.2, 0) is 14.8 Å². The van der Waals surface area contributed by atoms with E-state index < -0.39 is 10.0 Å². The lowest BCUT2D eigenvalue weighted by Crippen LogP contribution is -2.16. The lowest BCUT2D eigenvalue weighted by molar-refractivity contribution is -0.114. The first kappa shape index (κ1) is 15.7. The van der Waals surface area contributed by atoms with Gasteiger partial charge in [-0.1, -0.05) is 0 Å². The quantitative estimate of drug-likeness (QED) is 0.898. The number of aromatic nitrogens is 2. The summed E-state index contributed by atoms with van der Waals surface area (Å²) in [5, 5.41) is 6.62. The highest BCUT2D eigenvalue weighted by molar-refractivity contribution is 9.10. The topological polar surface area (TPSA) is 81.1 Å². The van der Waals surface area contributed by atoms with Crippen LogP contribution >= 0.6 is 15.9 Å². The van der Waals surface area contributed by atoms with Crippen molar-refractivity contribution in [3.05, 3.63) is 40.1 Å². The number of carbonyl (C=O) groups is 1. The van der Waals surface area contributed by atoms with Gasteiger partial charge in [0.1, 0.15) is 0 Å². The van der Waals surface area contributed by atoms with Gasteiger partial charge >= 0.3 is 0 Å². The number of hydrogen-bond acceptors (Lipinski definition) is 4. The zero-order chi connectivity index (χ0) is 15.8. The zero-order valence-electron chi connectivity index (χ0n) is 11.7. The monoisotopic (exact) mass is 371 g/mol. The summed E-state index contributed by atoms with van der Waals surface area (Å²) in [5.41, 5.74) is 1.65. The van der Waals surface area contributed by atoms with Gasteiger partial charge in [0.15, 0.2) is 0 Å². The van der Waals surface area contributed by atoms with E-state index in [1.165, 1.54) is 31.2 Å². The van der Waals surface area contributed by atoms with E-state index in [0.717, 1.165) is 4.09 Å². The highest BCUT2D eigenvalue weighted by atomic mass is 79.9. The summed E-state index contributed by atoms with van der Waals surface area (Å²) in [6, 6.07) is 5.94. The summed E-state index contributed by atoms with van der Waals surface area (Å²) in [6.07, 6.45) is 0. The zero-order valence-corrected chi connectivity index (χ0v) is 14.1. The summed E-state index contributed by atoms with van der Waals surface area (Å²) in [7, 11) is -3.75. The van der Waals surface area contributed by atoms with Crippen molar-refractivity contribution in [2.75, 3.05) is 5.32 Å². The van der Waals surface area contributed by atoms with Crippen LogP contribution in [0.15, 0.2) is 33.6 Å². The lowest BCUT2D eigenvalue weighted by atomic mass is 10.3. The Morgan fingerprint density at radius 1 is 1.24 bits per heavy atom. The maximum absolute atomic E-state index is 12.5. The molecule has 1 N–H and O–H groups in total. The summed E-state index contributed by atoms with van der Waals surface area (Å²) >= 11 is 3.31. The van der Waals surface area contributed by atoms with E-state index in [0.29, 0.717) is 21.5 Å². The fourth-order valence-corrected chi connectivity index (χ4v) is 3.57. The molecule has 1 amide bonds. The van der Waals surface area contributed by atoms with Crippen LogP contribution in [0.25, 0.3) is 0 Å². The molecule has 0 aliphatic rings. The van der Waals surface area contributed by atoms with Crippen LogP contribution in [0, 0.1) is 13.8 Å². The maximum atomic E-state index is 12.5. The first-order valence-electron chi connectivity index (χ1n) is 6.08. The molecule has 112 valence electrons. The van der Waals surface area contributed by atoms with Gasteiger partial charge in [-0.3, -0.25) is 4.79 Å². The van der Waals surface area contributed by atoms with Crippen molar-refractivity contribution in [2.24, 2.45) is 0 Å². The van der Waals surface area contributed by atoms with Crippen LogP contribution in [0.3, 0.4) is 0 Å². The molecule has 6 nitrogen and oxygen atoms in total. The molecule has 0 saturated carbocycles. The molecule has 0 bridgehead atoms. The van der Waals surface area contributed by atoms with Crippen LogP contribution in [0.1, 0.15) is 18.3 Å². The Morgan fingerprint density at radius 3 is 2.24 bits per heavy atom. The molecule has 0 fully saturated rings. The lowest BCUT2D eigenvalue weighted by Gasteiger charge is -2.08. The number of rotatable bonds is 3. The molecule has 0 unspecified atom stereocenters. The standard InChI is InChI=1S/C13H14BrN3O3S/c1-8-13(14)9(2)17(16-8)21(19,20)12-6-4-11(5-7-12)15-10(3)18/h4-7H,1-3H3,(H,15,18). The Kier molecular flexibility index (Phi) is 4.20. The van der Waals surface area contributed by atoms with Crippen LogP contribution in [0.4, 0.5) is 5.69 Å². The fourth-order valence-electron chi connectivity index (χ4n) is 1.85. The van der Waals surface area contributed by atoms with E-state index in [1.807, 2.05) is 0 Å². The molecule has 0 spiro atoms. The van der Waals surface area contributed by atoms with Crippen molar-refractivity contribution in [2.45, 2.75) is 25.7 Å². The summed E-state index contributed by atoms with van der Waals surface area (Å²) in [6.45, 7) is 4.79. The molecular weight excluding hydrogens is 358 g/mol. The molecule has 0 aliphatic heterocycles. The van der Waals surface area contributed by atoms with Crippen LogP contribution in [0.2, 0.25) is 0 Å². The third-order valence-corrected chi connectivity index (χ3v) is 5.69. The van der Waals surface area contributed by atoms with Crippen molar-refractivity contribution >= 4 is 37.5 Å².